The van der Waals surface area contributed by atoms with E-state index in [9.17, 15) is 18.0 Å². The number of hydrogen-bond donors (Lipinski definition) is 3. The average molecular weight is 418 g/mol. The molecule has 0 aliphatic carbocycles. The van der Waals surface area contributed by atoms with Crippen LogP contribution in [0.25, 0.3) is 0 Å². The van der Waals surface area contributed by atoms with Crippen LogP contribution in [0.4, 0.5) is 18.9 Å². The fourth-order valence-electron chi connectivity index (χ4n) is 1.16. The molecule has 6 nitrogen and oxygen atoms in total. The zero-order valence-electron chi connectivity index (χ0n) is 10.9. The lowest BCUT2D eigenvalue weighted by molar-refractivity contribution is -0.274. The van der Waals surface area contributed by atoms with Crippen LogP contribution in [0.5, 0.6) is 5.75 Å². The summed E-state index contributed by atoms with van der Waals surface area (Å²) < 4.78 is 39.6. The van der Waals surface area contributed by atoms with Crippen molar-refractivity contribution in [3.63, 3.8) is 0 Å². The van der Waals surface area contributed by atoms with Crippen LogP contribution < -0.4 is 21.1 Å². The molecule has 1 rings (SSSR count). The summed E-state index contributed by atoms with van der Waals surface area (Å²) in [7, 11) is 1.46. The number of guanidine groups is 1. The van der Waals surface area contributed by atoms with Gasteiger partial charge in [-0.25, -0.2) is 4.99 Å². The van der Waals surface area contributed by atoms with Gasteiger partial charge in [0, 0.05) is 12.7 Å². The van der Waals surface area contributed by atoms with E-state index < -0.39 is 6.36 Å². The van der Waals surface area contributed by atoms with E-state index in [1.54, 1.807) is 0 Å². The maximum absolute atomic E-state index is 11.9. The first-order valence-corrected chi connectivity index (χ1v) is 5.43. The highest BCUT2D eigenvalue weighted by atomic mass is 127. The van der Waals surface area contributed by atoms with Gasteiger partial charge in [-0.1, -0.05) is 0 Å². The van der Waals surface area contributed by atoms with E-state index in [1.807, 2.05) is 0 Å². The van der Waals surface area contributed by atoms with E-state index in [-0.39, 0.29) is 48.1 Å². The van der Waals surface area contributed by atoms with E-state index in [0.717, 1.165) is 12.1 Å². The summed E-state index contributed by atoms with van der Waals surface area (Å²) in [5, 5.41) is 4.98. The summed E-state index contributed by atoms with van der Waals surface area (Å²) in [6.45, 7) is -0.148. The maximum Gasteiger partial charge on any atom is 0.573 e. The lowest BCUT2D eigenvalue weighted by atomic mass is 10.3. The standard InChI is InChI=1S/C11H13F3N4O2.HI/c1-16-9(19)6-17-10(15)18-7-2-4-8(5-3-7)20-11(12,13)14;/h2-5H,6H2,1H3,(H,16,19)(H3,15,17,18);1H. The third kappa shape index (κ3) is 8.22. The van der Waals surface area contributed by atoms with Crippen LogP contribution in [0.1, 0.15) is 0 Å². The van der Waals surface area contributed by atoms with Crippen LogP contribution in [0, 0.1) is 0 Å². The van der Waals surface area contributed by atoms with Gasteiger partial charge < -0.3 is 21.1 Å². The predicted octanol–water partition coefficient (Wildman–Crippen LogP) is 1.68. The summed E-state index contributed by atoms with van der Waals surface area (Å²) in [6.07, 6.45) is -4.73. The van der Waals surface area contributed by atoms with Crippen molar-refractivity contribution in [1.82, 2.24) is 5.32 Å². The third-order valence-electron chi connectivity index (χ3n) is 2.03. The molecule has 0 radical (unpaired) electrons. The molecule has 4 N–H and O–H groups in total. The van der Waals surface area contributed by atoms with Crippen molar-refractivity contribution in [2.75, 3.05) is 18.9 Å². The summed E-state index contributed by atoms with van der Waals surface area (Å²) in [4.78, 5) is 14.7. The number of benzene rings is 1. The van der Waals surface area contributed by atoms with Gasteiger partial charge in [0.25, 0.3) is 0 Å². The molecule has 1 aromatic rings. The number of likely N-dealkylation sites (N-methyl/N-ethyl adjacent to an activating group) is 1. The molecule has 1 amide bonds. The molecule has 0 bridgehead atoms. The summed E-state index contributed by atoms with van der Waals surface area (Å²) >= 11 is 0. The highest BCUT2D eigenvalue weighted by Gasteiger charge is 2.30. The molecule has 0 heterocycles. The van der Waals surface area contributed by atoms with Gasteiger partial charge in [-0.05, 0) is 24.3 Å². The number of aliphatic imine (C=N–C) groups is 1. The molecule has 0 atom stereocenters. The highest BCUT2D eigenvalue weighted by molar-refractivity contribution is 14.0. The fourth-order valence-corrected chi connectivity index (χ4v) is 1.16. The predicted molar refractivity (Wildman–Crippen MR) is 82.7 cm³/mol. The Labute approximate surface area is 136 Å². The summed E-state index contributed by atoms with van der Waals surface area (Å²) in [5.41, 5.74) is 5.91. The molecule has 21 heavy (non-hydrogen) atoms. The first kappa shape index (κ1) is 19.3. The zero-order chi connectivity index (χ0) is 15.2. The fraction of sp³-hybridized carbons (Fsp3) is 0.273. The Morgan fingerprint density at radius 3 is 2.38 bits per heavy atom. The van der Waals surface area contributed by atoms with Crippen molar-refractivity contribution >= 4 is 41.5 Å². The molecule has 0 saturated heterocycles. The summed E-state index contributed by atoms with van der Waals surface area (Å²) in [6, 6.07) is 4.93. The van der Waals surface area contributed by atoms with Crippen LogP contribution in [-0.4, -0.2) is 31.8 Å². The van der Waals surface area contributed by atoms with Gasteiger partial charge in [0.1, 0.15) is 12.3 Å². The molecular weight excluding hydrogens is 404 g/mol. The lowest BCUT2D eigenvalue weighted by Crippen LogP contribution is -2.27. The molecule has 0 unspecified atom stereocenters. The monoisotopic (exact) mass is 418 g/mol. The number of anilines is 1. The molecule has 0 fully saturated rings. The lowest BCUT2D eigenvalue weighted by Gasteiger charge is -2.10. The van der Waals surface area contributed by atoms with Crippen molar-refractivity contribution in [2.24, 2.45) is 10.7 Å². The van der Waals surface area contributed by atoms with Gasteiger partial charge in [-0.2, -0.15) is 0 Å². The number of nitrogens with one attached hydrogen (secondary N) is 2. The Bertz CT molecular complexity index is 491. The number of carbonyl (C=O) groups excluding carboxylic acids is 1. The second-order valence-electron chi connectivity index (χ2n) is 3.57. The van der Waals surface area contributed by atoms with E-state index >= 15 is 0 Å². The number of alkyl halides is 3. The van der Waals surface area contributed by atoms with Crippen molar-refractivity contribution in [1.29, 1.82) is 0 Å². The topological polar surface area (TPSA) is 88.7 Å². The van der Waals surface area contributed by atoms with Gasteiger partial charge in [-0.3, -0.25) is 4.79 Å². The number of halogens is 4. The molecule has 0 saturated carbocycles. The molecule has 0 aliphatic rings. The van der Waals surface area contributed by atoms with E-state index in [2.05, 4.69) is 20.4 Å². The quantitative estimate of drug-likeness (QED) is 0.395. The second-order valence-corrected chi connectivity index (χ2v) is 3.57. The largest absolute Gasteiger partial charge is 0.573 e. The van der Waals surface area contributed by atoms with Crippen molar-refractivity contribution in [3.05, 3.63) is 24.3 Å². The van der Waals surface area contributed by atoms with Crippen molar-refractivity contribution < 1.29 is 22.7 Å². The minimum atomic E-state index is -4.73. The molecule has 0 spiro atoms. The van der Waals surface area contributed by atoms with Gasteiger partial charge >= 0.3 is 6.36 Å². The van der Waals surface area contributed by atoms with Gasteiger partial charge in [0.05, 0.1) is 0 Å². The number of ether oxygens (including phenoxy) is 1. The Balaban J connectivity index is 0.00000400. The zero-order valence-corrected chi connectivity index (χ0v) is 13.2. The van der Waals surface area contributed by atoms with E-state index in [4.69, 9.17) is 5.73 Å². The number of carbonyl (C=O) groups is 1. The second kappa shape index (κ2) is 8.54. The number of rotatable bonds is 4. The van der Waals surface area contributed by atoms with Crippen LogP contribution in [-0.2, 0) is 4.79 Å². The number of nitrogens with zero attached hydrogens (tertiary/aromatic N) is 1. The highest BCUT2D eigenvalue weighted by Crippen LogP contribution is 2.23. The van der Waals surface area contributed by atoms with Crippen LogP contribution in [0.2, 0.25) is 0 Å². The normalized spacial score (nSPS) is 11.3. The van der Waals surface area contributed by atoms with Gasteiger partial charge in [-0.15, -0.1) is 37.1 Å². The molecular formula is C11H14F3IN4O2. The van der Waals surface area contributed by atoms with E-state index in [0.29, 0.717) is 5.69 Å². The van der Waals surface area contributed by atoms with Crippen LogP contribution in [0.3, 0.4) is 0 Å². The van der Waals surface area contributed by atoms with E-state index in [1.165, 1.54) is 19.2 Å². The van der Waals surface area contributed by atoms with Crippen LogP contribution in [0.15, 0.2) is 29.3 Å². The number of nitrogens with two attached hydrogens (primary N) is 1. The molecule has 1 aromatic carbocycles. The summed E-state index contributed by atoms with van der Waals surface area (Å²) in [5.74, 6) is -0.689. The average Bonchev–Trinajstić information content (AvgIpc) is 2.36. The Morgan fingerprint density at radius 2 is 1.90 bits per heavy atom. The third-order valence-corrected chi connectivity index (χ3v) is 2.03. The smallest absolute Gasteiger partial charge is 0.406 e. The van der Waals surface area contributed by atoms with Gasteiger partial charge in [0.15, 0.2) is 5.96 Å². The van der Waals surface area contributed by atoms with Crippen molar-refractivity contribution in [3.8, 4) is 5.75 Å². The Morgan fingerprint density at radius 1 is 1.33 bits per heavy atom. The molecule has 0 aliphatic heterocycles. The molecule has 10 heteroatoms. The molecule has 118 valence electrons. The Kier molecular flexibility index (Phi) is 7.84. The van der Waals surface area contributed by atoms with Crippen LogP contribution >= 0.6 is 24.0 Å². The first-order valence-electron chi connectivity index (χ1n) is 5.43. The molecule has 0 aromatic heterocycles. The minimum absolute atomic E-state index is 0. The van der Waals surface area contributed by atoms with Gasteiger partial charge in [0.2, 0.25) is 5.91 Å². The number of amides is 1. The SMILES string of the molecule is CNC(=O)CN=C(N)Nc1ccc(OC(F)(F)F)cc1.I. The minimum Gasteiger partial charge on any atom is -0.406 e. The maximum atomic E-state index is 11.9. The first-order chi connectivity index (χ1) is 9.30. The van der Waals surface area contributed by atoms with Crippen molar-refractivity contribution in [2.45, 2.75) is 6.36 Å². The Hall–Kier alpha value is -1.72. The number of hydrogen-bond acceptors (Lipinski definition) is 3.